The van der Waals surface area contributed by atoms with Crippen molar-refractivity contribution in [2.75, 3.05) is 5.32 Å². The molecule has 0 unspecified atom stereocenters. The number of nitrogens with zero attached hydrogens (tertiary/aromatic N) is 3. The van der Waals surface area contributed by atoms with Gasteiger partial charge in [0.05, 0.1) is 0 Å². The summed E-state index contributed by atoms with van der Waals surface area (Å²) < 4.78 is 0. The third-order valence-corrected chi connectivity index (χ3v) is 1.80. The van der Waals surface area contributed by atoms with Gasteiger partial charge in [-0.2, -0.15) is 5.26 Å². The molecule has 0 fully saturated rings. The minimum Gasteiger partial charge on any atom is -0.324 e. The normalized spacial score (nSPS) is 9.27. The first-order chi connectivity index (χ1) is 7.38. The van der Waals surface area contributed by atoms with Crippen LogP contribution in [0.25, 0.3) is 0 Å². The van der Waals surface area contributed by atoms with E-state index in [1.807, 2.05) is 36.4 Å². The maximum Gasteiger partial charge on any atom is 0.228 e. The Balaban J connectivity index is 2.22. The van der Waals surface area contributed by atoms with E-state index in [-0.39, 0.29) is 0 Å². The molecule has 1 N–H and O–H groups in total. The van der Waals surface area contributed by atoms with Crippen molar-refractivity contribution < 1.29 is 0 Å². The average Bonchev–Trinajstić information content (AvgIpc) is 2.31. The topological polar surface area (TPSA) is 61.6 Å². The highest BCUT2D eigenvalue weighted by Gasteiger charge is 1.97. The van der Waals surface area contributed by atoms with Crippen molar-refractivity contribution in [3.05, 3.63) is 48.3 Å². The van der Waals surface area contributed by atoms with Crippen LogP contribution in [0, 0.1) is 11.3 Å². The van der Waals surface area contributed by atoms with Crippen molar-refractivity contribution >= 4 is 11.6 Å². The van der Waals surface area contributed by atoms with E-state index < -0.39 is 0 Å². The van der Waals surface area contributed by atoms with Crippen molar-refractivity contribution in [2.24, 2.45) is 0 Å². The van der Waals surface area contributed by atoms with Gasteiger partial charge in [-0.1, -0.05) is 18.2 Å². The number of aromatic nitrogens is 2. The molecular weight excluding hydrogens is 188 g/mol. The first-order valence-electron chi connectivity index (χ1n) is 4.44. The predicted octanol–water partition coefficient (Wildman–Crippen LogP) is 2.09. The van der Waals surface area contributed by atoms with Crippen LogP contribution in [-0.2, 0) is 0 Å². The summed E-state index contributed by atoms with van der Waals surface area (Å²) in [6.07, 6.45) is 1.55. The van der Waals surface area contributed by atoms with Gasteiger partial charge in [-0.3, -0.25) is 0 Å². The molecule has 0 spiro atoms. The fourth-order valence-corrected chi connectivity index (χ4v) is 1.13. The lowest BCUT2D eigenvalue weighted by Crippen LogP contribution is -1.97. The zero-order chi connectivity index (χ0) is 10.5. The van der Waals surface area contributed by atoms with Crippen LogP contribution in [0.4, 0.5) is 11.6 Å². The number of nitrogens with one attached hydrogen (secondary N) is 1. The summed E-state index contributed by atoms with van der Waals surface area (Å²) in [4.78, 5) is 8.01. The number of nitriles is 1. The smallest absolute Gasteiger partial charge is 0.228 e. The van der Waals surface area contributed by atoms with E-state index in [2.05, 4.69) is 15.3 Å². The Morgan fingerprint density at radius 2 is 1.93 bits per heavy atom. The van der Waals surface area contributed by atoms with E-state index in [0.29, 0.717) is 11.6 Å². The molecule has 0 bridgehead atoms. The Hall–Kier alpha value is -2.41. The molecule has 4 heteroatoms. The molecule has 0 aliphatic carbocycles. The second-order valence-electron chi connectivity index (χ2n) is 2.87. The molecule has 72 valence electrons. The molecule has 2 rings (SSSR count). The number of hydrogen-bond donors (Lipinski definition) is 1. The third kappa shape index (κ3) is 2.29. The van der Waals surface area contributed by atoms with Crippen LogP contribution in [0.1, 0.15) is 5.69 Å². The lowest BCUT2D eigenvalue weighted by molar-refractivity contribution is 1.14. The molecule has 4 nitrogen and oxygen atoms in total. The Morgan fingerprint density at radius 1 is 1.13 bits per heavy atom. The molecule has 0 aliphatic rings. The van der Waals surface area contributed by atoms with Crippen molar-refractivity contribution in [1.29, 1.82) is 5.26 Å². The van der Waals surface area contributed by atoms with Crippen molar-refractivity contribution in [3.63, 3.8) is 0 Å². The Labute approximate surface area is 87.2 Å². The van der Waals surface area contributed by atoms with E-state index in [0.717, 1.165) is 5.69 Å². The SMILES string of the molecule is N#Cc1ccnc(Nc2ccccc2)n1. The first kappa shape index (κ1) is 9.16. The van der Waals surface area contributed by atoms with Gasteiger partial charge < -0.3 is 5.32 Å². The molecule has 1 aromatic heterocycles. The first-order valence-corrected chi connectivity index (χ1v) is 4.44. The summed E-state index contributed by atoms with van der Waals surface area (Å²) in [5.74, 6) is 0.431. The van der Waals surface area contributed by atoms with E-state index >= 15 is 0 Å². The molecule has 0 saturated heterocycles. The highest BCUT2D eigenvalue weighted by atomic mass is 15.1. The lowest BCUT2D eigenvalue weighted by Gasteiger charge is -2.03. The number of benzene rings is 1. The quantitative estimate of drug-likeness (QED) is 0.798. The average molecular weight is 196 g/mol. The molecule has 1 heterocycles. The van der Waals surface area contributed by atoms with Gasteiger partial charge in [0.2, 0.25) is 5.95 Å². The van der Waals surface area contributed by atoms with Crippen molar-refractivity contribution in [2.45, 2.75) is 0 Å². The molecule has 0 aliphatic heterocycles. The summed E-state index contributed by atoms with van der Waals surface area (Å²) in [6, 6.07) is 13.1. The molecule has 2 aromatic rings. The van der Waals surface area contributed by atoms with E-state index in [9.17, 15) is 0 Å². The Morgan fingerprint density at radius 3 is 2.67 bits per heavy atom. The highest BCUT2D eigenvalue weighted by Crippen LogP contribution is 2.11. The zero-order valence-corrected chi connectivity index (χ0v) is 7.88. The van der Waals surface area contributed by atoms with Crippen LogP contribution in [0.15, 0.2) is 42.6 Å². The molecule has 15 heavy (non-hydrogen) atoms. The fourth-order valence-electron chi connectivity index (χ4n) is 1.13. The van der Waals surface area contributed by atoms with Gasteiger partial charge in [0.1, 0.15) is 11.8 Å². The van der Waals surface area contributed by atoms with Crippen LogP contribution in [0.5, 0.6) is 0 Å². The monoisotopic (exact) mass is 196 g/mol. The predicted molar refractivity (Wildman–Crippen MR) is 56.5 cm³/mol. The summed E-state index contributed by atoms with van der Waals surface area (Å²) in [7, 11) is 0. The Kier molecular flexibility index (Phi) is 2.56. The van der Waals surface area contributed by atoms with Gasteiger partial charge in [0, 0.05) is 11.9 Å². The number of anilines is 2. The van der Waals surface area contributed by atoms with Gasteiger partial charge in [0.25, 0.3) is 0 Å². The van der Waals surface area contributed by atoms with E-state index in [4.69, 9.17) is 5.26 Å². The van der Waals surface area contributed by atoms with Crippen LogP contribution in [-0.4, -0.2) is 9.97 Å². The Bertz CT molecular complexity index is 487. The summed E-state index contributed by atoms with van der Waals surface area (Å²) in [6.45, 7) is 0. The maximum absolute atomic E-state index is 8.66. The van der Waals surface area contributed by atoms with Crippen LogP contribution in [0.2, 0.25) is 0 Å². The summed E-state index contributed by atoms with van der Waals surface area (Å²) in [5.41, 5.74) is 1.25. The van der Waals surface area contributed by atoms with Gasteiger partial charge >= 0.3 is 0 Å². The van der Waals surface area contributed by atoms with E-state index in [1.54, 1.807) is 12.3 Å². The minimum absolute atomic E-state index is 0.350. The second kappa shape index (κ2) is 4.20. The van der Waals surface area contributed by atoms with Crippen LogP contribution >= 0.6 is 0 Å². The van der Waals surface area contributed by atoms with Gasteiger partial charge in [-0.05, 0) is 18.2 Å². The molecule has 1 aromatic carbocycles. The van der Waals surface area contributed by atoms with E-state index in [1.165, 1.54) is 0 Å². The standard InChI is InChI=1S/C11H8N4/c12-8-10-6-7-13-11(15-10)14-9-4-2-1-3-5-9/h1-7H,(H,13,14,15). The van der Waals surface area contributed by atoms with Crippen LogP contribution < -0.4 is 5.32 Å². The van der Waals surface area contributed by atoms with Crippen LogP contribution in [0.3, 0.4) is 0 Å². The van der Waals surface area contributed by atoms with Crippen molar-refractivity contribution in [3.8, 4) is 6.07 Å². The van der Waals surface area contributed by atoms with Gasteiger partial charge in [-0.15, -0.1) is 0 Å². The minimum atomic E-state index is 0.350. The zero-order valence-electron chi connectivity index (χ0n) is 7.88. The lowest BCUT2D eigenvalue weighted by atomic mass is 10.3. The maximum atomic E-state index is 8.66. The molecule has 0 radical (unpaired) electrons. The summed E-state index contributed by atoms with van der Waals surface area (Å²) >= 11 is 0. The number of para-hydroxylation sites is 1. The highest BCUT2D eigenvalue weighted by molar-refractivity contribution is 5.52. The third-order valence-electron chi connectivity index (χ3n) is 1.80. The second-order valence-corrected chi connectivity index (χ2v) is 2.87. The largest absolute Gasteiger partial charge is 0.324 e. The van der Waals surface area contributed by atoms with Gasteiger partial charge in [0.15, 0.2) is 0 Å². The number of hydrogen-bond acceptors (Lipinski definition) is 4. The van der Waals surface area contributed by atoms with Crippen molar-refractivity contribution in [1.82, 2.24) is 9.97 Å². The fraction of sp³-hybridized carbons (Fsp3) is 0. The number of rotatable bonds is 2. The van der Waals surface area contributed by atoms with Gasteiger partial charge in [-0.25, -0.2) is 9.97 Å². The molecular formula is C11H8N4. The molecule has 0 saturated carbocycles. The molecule has 0 atom stereocenters. The summed E-state index contributed by atoms with van der Waals surface area (Å²) in [5, 5.41) is 11.7. The molecule has 0 amide bonds.